The lowest BCUT2D eigenvalue weighted by Crippen LogP contribution is -2.28. The van der Waals surface area contributed by atoms with E-state index in [2.05, 4.69) is 29.3 Å². The predicted molar refractivity (Wildman–Crippen MR) is 56.1 cm³/mol. The first-order valence-corrected chi connectivity index (χ1v) is 5.04. The summed E-state index contributed by atoms with van der Waals surface area (Å²) in [6, 6.07) is 1.98. The number of rotatable bonds is 6. The molecule has 0 aliphatic heterocycles. The predicted octanol–water partition coefficient (Wildman–Crippen LogP) is 1.02. The average molecular weight is 197 g/mol. The minimum absolute atomic E-state index is 0.850. The van der Waals surface area contributed by atoms with Gasteiger partial charge in [-0.3, -0.25) is 4.90 Å². The van der Waals surface area contributed by atoms with Crippen molar-refractivity contribution < 1.29 is 4.52 Å². The Morgan fingerprint density at radius 3 is 2.93 bits per heavy atom. The number of likely N-dealkylation sites (N-methyl/N-ethyl adjacent to an activating group) is 2. The number of nitrogens with zero attached hydrogens (tertiary/aromatic N) is 2. The quantitative estimate of drug-likeness (QED) is 0.691. The SMILES string of the molecule is CCNCCN(C)Cc1cc(C)on1. The minimum Gasteiger partial charge on any atom is -0.361 e. The Balaban J connectivity index is 2.23. The Kier molecular flexibility index (Phi) is 4.62. The Morgan fingerprint density at radius 2 is 2.36 bits per heavy atom. The molecular weight excluding hydrogens is 178 g/mol. The maximum Gasteiger partial charge on any atom is 0.133 e. The topological polar surface area (TPSA) is 41.3 Å². The summed E-state index contributed by atoms with van der Waals surface area (Å²) < 4.78 is 5.00. The van der Waals surface area contributed by atoms with Crippen LogP contribution in [0.4, 0.5) is 0 Å². The molecule has 1 aromatic heterocycles. The van der Waals surface area contributed by atoms with Gasteiger partial charge in [-0.2, -0.15) is 0 Å². The summed E-state index contributed by atoms with van der Waals surface area (Å²) in [5.41, 5.74) is 1.00. The van der Waals surface area contributed by atoms with E-state index in [4.69, 9.17) is 4.52 Å². The summed E-state index contributed by atoms with van der Waals surface area (Å²) in [4.78, 5) is 2.22. The van der Waals surface area contributed by atoms with Gasteiger partial charge in [0.1, 0.15) is 5.76 Å². The van der Waals surface area contributed by atoms with Crippen molar-refractivity contribution in [3.63, 3.8) is 0 Å². The van der Waals surface area contributed by atoms with Crippen LogP contribution in [0, 0.1) is 6.92 Å². The van der Waals surface area contributed by atoms with E-state index in [-0.39, 0.29) is 0 Å². The molecular formula is C10H19N3O. The average Bonchev–Trinajstić information content (AvgIpc) is 2.52. The summed E-state index contributed by atoms with van der Waals surface area (Å²) >= 11 is 0. The second-order valence-electron chi connectivity index (χ2n) is 3.52. The molecule has 1 N–H and O–H groups in total. The van der Waals surface area contributed by atoms with Crippen molar-refractivity contribution in [2.45, 2.75) is 20.4 Å². The molecule has 0 unspecified atom stereocenters. The van der Waals surface area contributed by atoms with Crippen molar-refractivity contribution in [1.82, 2.24) is 15.4 Å². The van der Waals surface area contributed by atoms with E-state index < -0.39 is 0 Å². The first-order chi connectivity index (χ1) is 6.72. The van der Waals surface area contributed by atoms with E-state index in [1.54, 1.807) is 0 Å². The largest absolute Gasteiger partial charge is 0.361 e. The highest BCUT2D eigenvalue weighted by Gasteiger charge is 2.03. The van der Waals surface area contributed by atoms with Gasteiger partial charge in [-0.15, -0.1) is 0 Å². The highest BCUT2D eigenvalue weighted by Crippen LogP contribution is 2.03. The molecule has 0 saturated heterocycles. The van der Waals surface area contributed by atoms with Gasteiger partial charge in [0.2, 0.25) is 0 Å². The second-order valence-corrected chi connectivity index (χ2v) is 3.52. The molecule has 1 rings (SSSR count). The Morgan fingerprint density at radius 1 is 1.57 bits per heavy atom. The molecule has 80 valence electrons. The van der Waals surface area contributed by atoms with E-state index in [1.807, 2.05) is 13.0 Å². The fraction of sp³-hybridized carbons (Fsp3) is 0.700. The maximum atomic E-state index is 5.00. The molecule has 0 bridgehead atoms. The van der Waals surface area contributed by atoms with Gasteiger partial charge in [-0.05, 0) is 20.5 Å². The van der Waals surface area contributed by atoms with Crippen LogP contribution in [-0.4, -0.2) is 36.7 Å². The van der Waals surface area contributed by atoms with Crippen LogP contribution in [0.5, 0.6) is 0 Å². The number of aromatic nitrogens is 1. The van der Waals surface area contributed by atoms with Crippen LogP contribution < -0.4 is 5.32 Å². The lowest BCUT2D eigenvalue weighted by molar-refractivity contribution is 0.308. The molecule has 1 heterocycles. The van der Waals surface area contributed by atoms with Crippen LogP contribution in [-0.2, 0) is 6.54 Å². The third kappa shape index (κ3) is 3.89. The number of hydrogen-bond acceptors (Lipinski definition) is 4. The molecule has 0 atom stereocenters. The number of nitrogens with one attached hydrogen (secondary N) is 1. The number of aryl methyl sites for hydroxylation is 1. The standard InChI is InChI=1S/C10H19N3O/c1-4-11-5-6-13(3)8-10-7-9(2)14-12-10/h7,11H,4-6,8H2,1-3H3. The third-order valence-corrected chi connectivity index (χ3v) is 2.03. The smallest absolute Gasteiger partial charge is 0.133 e. The minimum atomic E-state index is 0.850. The van der Waals surface area contributed by atoms with E-state index in [9.17, 15) is 0 Å². The molecule has 0 aliphatic carbocycles. The molecule has 0 fully saturated rings. The second kappa shape index (κ2) is 5.78. The first-order valence-electron chi connectivity index (χ1n) is 5.04. The fourth-order valence-corrected chi connectivity index (χ4v) is 1.29. The number of hydrogen-bond donors (Lipinski definition) is 1. The normalized spacial score (nSPS) is 11.1. The van der Waals surface area contributed by atoms with Crippen LogP contribution in [0.15, 0.2) is 10.6 Å². The molecule has 0 aromatic carbocycles. The highest BCUT2D eigenvalue weighted by molar-refractivity contribution is 5.02. The molecule has 0 amide bonds. The molecule has 14 heavy (non-hydrogen) atoms. The molecule has 0 saturated carbocycles. The van der Waals surface area contributed by atoms with Crippen molar-refractivity contribution >= 4 is 0 Å². The van der Waals surface area contributed by atoms with Crippen molar-refractivity contribution in [2.24, 2.45) is 0 Å². The Bertz CT molecular complexity index is 260. The van der Waals surface area contributed by atoms with Crippen molar-refractivity contribution in [2.75, 3.05) is 26.7 Å². The van der Waals surface area contributed by atoms with Crippen LogP contribution >= 0.6 is 0 Å². The van der Waals surface area contributed by atoms with Crippen molar-refractivity contribution in [3.05, 3.63) is 17.5 Å². The summed E-state index contributed by atoms with van der Waals surface area (Å²) in [5, 5.41) is 7.23. The van der Waals surface area contributed by atoms with Gasteiger partial charge in [0.25, 0.3) is 0 Å². The lowest BCUT2D eigenvalue weighted by Gasteiger charge is -2.14. The van der Waals surface area contributed by atoms with Gasteiger partial charge in [0, 0.05) is 25.7 Å². The van der Waals surface area contributed by atoms with E-state index in [0.29, 0.717) is 0 Å². The third-order valence-electron chi connectivity index (χ3n) is 2.03. The fourth-order valence-electron chi connectivity index (χ4n) is 1.29. The molecule has 0 spiro atoms. The van der Waals surface area contributed by atoms with E-state index >= 15 is 0 Å². The first kappa shape index (κ1) is 11.2. The Hall–Kier alpha value is -0.870. The van der Waals surface area contributed by atoms with E-state index in [0.717, 1.165) is 37.6 Å². The summed E-state index contributed by atoms with van der Waals surface area (Å²) in [6.07, 6.45) is 0. The Labute approximate surface area is 85.3 Å². The lowest BCUT2D eigenvalue weighted by atomic mass is 10.3. The monoisotopic (exact) mass is 197 g/mol. The molecule has 0 radical (unpaired) electrons. The van der Waals surface area contributed by atoms with Gasteiger partial charge in [-0.1, -0.05) is 12.1 Å². The summed E-state index contributed by atoms with van der Waals surface area (Å²) in [5.74, 6) is 0.875. The summed E-state index contributed by atoms with van der Waals surface area (Å²) in [6.45, 7) is 7.94. The van der Waals surface area contributed by atoms with Gasteiger partial charge in [0.05, 0.1) is 5.69 Å². The van der Waals surface area contributed by atoms with Gasteiger partial charge >= 0.3 is 0 Å². The van der Waals surface area contributed by atoms with Crippen LogP contribution in [0.2, 0.25) is 0 Å². The van der Waals surface area contributed by atoms with Crippen molar-refractivity contribution in [1.29, 1.82) is 0 Å². The highest BCUT2D eigenvalue weighted by atomic mass is 16.5. The van der Waals surface area contributed by atoms with Crippen LogP contribution in [0.1, 0.15) is 18.4 Å². The van der Waals surface area contributed by atoms with E-state index in [1.165, 1.54) is 0 Å². The molecule has 4 nitrogen and oxygen atoms in total. The molecule has 4 heteroatoms. The van der Waals surface area contributed by atoms with Crippen molar-refractivity contribution in [3.8, 4) is 0 Å². The van der Waals surface area contributed by atoms with Gasteiger partial charge < -0.3 is 9.84 Å². The van der Waals surface area contributed by atoms with Crippen LogP contribution in [0.25, 0.3) is 0 Å². The summed E-state index contributed by atoms with van der Waals surface area (Å²) in [7, 11) is 2.08. The zero-order valence-corrected chi connectivity index (χ0v) is 9.21. The van der Waals surface area contributed by atoms with Gasteiger partial charge in [-0.25, -0.2) is 0 Å². The van der Waals surface area contributed by atoms with Crippen LogP contribution in [0.3, 0.4) is 0 Å². The maximum absolute atomic E-state index is 5.00. The molecule has 0 aliphatic rings. The van der Waals surface area contributed by atoms with Gasteiger partial charge in [0.15, 0.2) is 0 Å². The molecule has 1 aromatic rings. The zero-order chi connectivity index (χ0) is 10.4. The zero-order valence-electron chi connectivity index (χ0n) is 9.21.